The van der Waals surface area contributed by atoms with E-state index in [0.29, 0.717) is 11.6 Å². The number of carbonyl (C=O) groups is 1. The molecular weight excluding hydrogens is 390 g/mol. The predicted molar refractivity (Wildman–Crippen MR) is 112 cm³/mol. The van der Waals surface area contributed by atoms with Crippen molar-refractivity contribution >= 4 is 35.1 Å². The summed E-state index contributed by atoms with van der Waals surface area (Å²) in [6.45, 7) is 1.91. The molecule has 1 aromatic heterocycles. The van der Waals surface area contributed by atoms with Gasteiger partial charge in [-0.2, -0.15) is 5.26 Å². The van der Waals surface area contributed by atoms with Crippen LogP contribution in [0.2, 0.25) is 0 Å². The van der Waals surface area contributed by atoms with Gasteiger partial charge in [0.2, 0.25) is 5.91 Å². The van der Waals surface area contributed by atoms with E-state index in [1.54, 1.807) is 0 Å². The number of thioether (sulfide) groups is 2. The number of thiocyanates is 1. The first-order valence-corrected chi connectivity index (χ1v) is 10.4. The van der Waals surface area contributed by atoms with Crippen molar-refractivity contribution in [2.75, 3.05) is 11.1 Å². The van der Waals surface area contributed by atoms with Crippen molar-refractivity contribution in [3.05, 3.63) is 65.5 Å². The molecule has 1 heterocycles. The number of amides is 1. The minimum Gasteiger partial charge on any atom is -0.325 e. The van der Waals surface area contributed by atoms with Crippen LogP contribution in [0.1, 0.15) is 17.0 Å². The first kappa shape index (κ1) is 20.0. The van der Waals surface area contributed by atoms with E-state index in [1.165, 1.54) is 17.3 Å². The zero-order valence-electron chi connectivity index (χ0n) is 15.5. The molecule has 0 unspecified atom stereocenters. The van der Waals surface area contributed by atoms with Crippen molar-refractivity contribution in [1.82, 2.24) is 14.8 Å². The van der Waals surface area contributed by atoms with E-state index in [4.69, 9.17) is 5.26 Å². The van der Waals surface area contributed by atoms with Crippen LogP contribution in [-0.2, 0) is 18.3 Å². The number of aryl methyl sites for hydroxylation is 1. The molecule has 1 N–H and O–H groups in total. The first-order valence-electron chi connectivity index (χ1n) is 8.58. The summed E-state index contributed by atoms with van der Waals surface area (Å²) in [5.41, 5.74) is 2.83. The molecule has 0 saturated heterocycles. The summed E-state index contributed by atoms with van der Waals surface area (Å²) in [5, 5.41) is 22.8. The lowest BCUT2D eigenvalue weighted by atomic mass is 10.1. The standard InChI is InChI=1S/C20H19N5OS2/c1-14-10-16(28-13-21)8-9-17(14)22-19(26)12-27-20-24-23-18(25(20)2)11-15-6-4-3-5-7-15/h3-10H,11-12H2,1-2H3,(H,22,26). The van der Waals surface area contributed by atoms with Crippen LogP contribution in [0.4, 0.5) is 5.69 Å². The molecule has 3 aromatic rings. The second-order valence-electron chi connectivity index (χ2n) is 6.13. The van der Waals surface area contributed by atoms with Gasteiger partial charge in [-0.3, -0.25) is 4.79 Å². The molecule has 0 fully saturated rings. The Kier molecular flexibility index (Phi) is 6.74. The monoisotopic (exact) mass is 409 g/mol. The molecule has 0 saturated carbocycles. The molecular formula is C20H19N5OS2. The number of nitriles is 1. The van der Waals surface area contributed by atoms with E-state index in [1.807, 2.05) is 60.3 Å². The van der Waals surface area contributed by atoms with Gasteiger partial charge < -0.3 is 9.88 Å². The smallest absolute Gasteiger partial charge is 0.234 e. The highest BCUT2D eigenvalue weighted by atomic mass is 32.2. The fourth-order valence-corrected chi connectivity index (χ4v) is 3.82. The van der Waals surface area contributed by atoms with Crippen LogP contribution in [0.5, 0.6) is 0 Å². The maximum Gasteiger partial charge on any atom is 0.234 e. The third-order valence-electron chi connectivity index (χ3n) is 4.10. The van der Waals surface area contributed by atoms with Crippen LogP contribution in [0.3, 0.4) is 0 Å². The first-order chi connectivity index (χ1) is 13.6. The average Bonchev–Trinajstić information content (AvgIpc) is 3.03. The van der Waals surface area contributed by atoms with Crippen molar-refractivity contribution in [2.45, 2.75) is 23.4 Å². The molecule has 0 aliphatic heterocycles. The van der Waals surface area contributed by atoms with Crippen LogP contribution < -0.4 is 5.32 Å². The summed E-state index contributed by atoms with van der Waals surface area (Å²) in [4.78, 5) is 13.2. The summed E-state index contributed by atoms with van der Waals surface area (Å²) in [5.74, 6) is 0.989. The Hall–Kier alpha value is -2.76. The molecule has 142 valence electrons. The maximum atomic E-state index is 12.3. The molecule has 28 heavy (non-hydrogen) atoms. The van der Waals surface area contributed by atoms with E-state index in [9.17, 15) is 4.79 Å². The molecule has 0 atom stereocenters. The fraction of sp³-hybridized carbons (Fsp3) is 0.200. The summed E-state index contributed by atoms with van der Waals surface area (Å²) >= 11 is 2.45. The lowest BCUT2D eigenvalue weighted by molar-refractivity contribution is -0.113. The van der Waals surface area contributed by atoms with Gasteiger partial charge in [-0.25, -0.2) is 0 Å². The second kappa shape index (κ2) is 9.44. The highest BCUT2D eigenvalue weighted by Crippen LogP contribution is 2.24. The van der Waals surface area contributed by atoms with Gasteiger partial charge >= 0.3 is 0 Å². The van der Waals surface area contributed by atoms with Crippen molar-refractivity contribution in [3.63, 3.8) is 0 Å². The van der Waals surface area contributed by atoms with Crippen molar-refractivity contribution in [1.29, 1.82) is 5.26 Å². The summed E-state index contributed by atoms with van der Waals surface area (Å²) in [7, 11) is 1.91. The normalized spacial score (nSPS) is 10.5. The van der Waals surface area contributed by atoms with Crippen molar-refractivity contribution in [2.24, 2.45) is 7.05 Å². The lowest BCUT2D eigenvalue weighted by Crippen LogP contribution is -2.15. The van der Waals surface area contributed by atoms with Gasteiger partial charge in [-0.05, 0) is 48.0 Å². The number of carbonyl (C=O) groups excluding carboxylic acids is 1. The third-order valence-corrected chi connectivity index (χ3v) is 5.70. The average molecular weight is 410 g/mol. The Labute approximate surface area is 172 Å². The quantitative estimate of drug-likeness (QED) is 0.469. The minimum atomic E-state index is -0.110. The lowest BCUT2D eigenvalue weighted by Gasteiger charge is -2.09. The Bertz CT molecular complexity index is 1010. The summed E-state index contributed by atoms with van der Waals surface area (Å²) in [6.07, 6.45) is 0.698. The van der Waals surface area contributed by atoms with E-state index < -0.39 is 0 Å². The number of aromatic nitrogens is 3. The SMILES string of the molecule is Cc1cc(SC#N)ccc1NC(=O)CSc1nnc(Cc2ccccc2)n1C. The second-order valence-corrected chi connectivity index (χ2v) is 7.93. The number of hydrogen-bond acceptors (Lipinski definition) is 6. The van der Waals surface area contributed by atoms with Crippen LogP contribution >= 0.6 is 23.5 Å². The number of hydrogen-bond donors (Lipinski definition) is 1. The largest absolute Gasteiger partial charge is 0.325 e. The summed E-state index contributed by atoms with van der Waals surface area (Å²) in [6, 6.07) is 15.6. The highest BCUT2D eigenvalue weighted by molar-refractivity contribution is 8.03. The number of nitrogens with zero attached hydrogens (tertiary/aromatic N) is 4. The molecule has 0 bridgehead atoms. The van der Waals surface area contributed by atoms with E-state index in [0.717, 1.165) is 33.7 Å². The van der Waals surface area contributed by atoms with Crippen molar-refractivity contribution in [3.8, 4) is 5.40 Å². The number of benzene rings is 2. The number of nitrogens with one attached hydrogen (secondary N) is 1. The zero-order chi connectivity index (χ0) is 19.9. The summed E-state index contributed by atoms with van der Waals surface area (Å²) < 4.78 is 1.92. The van der Waals surface area contributed by atoms with Gasteiger partial charge in [0.05, 0.1) is 5.75 Å². The zero-order valence-corrected chi connectivity index (χ0v) is 17.2. The van der Waals surface area contributed by atoms with E-state index in [2.05, 4.69) is 27.6 Å². The topological polar surface area (TPSA) is 83.6 Å². The Morgan fingerprint density at radius 1 is 1.21 bits per heavy atom. The molecule has 1 amide bonds. The van der Waals surface area contributed by atoms with Gasteiger partial charge in [0.15, 0.2) is 5.16 Å². The highest BCUT2D eigenvalue weighted by Gasteiger charge is 2.13. The molecule has 0 aliphatic rings. The minimum absolute atomic E-state index is 0.110. The Morgan fingerprint density at radius 3 is 2.71 bits per heavy atom. The van der Waals surface area contributed by atoms with Gasteiger partial charge in [-0.1, -0.05) is 42.1 Å². The molecule has 2 aromatic carbocycles. The molecule has 3 rings (SSSR count). The Balaban J connectivity index is 1.57. The van der Waals surface area contributed by atoms with Crippen LogP contribution in [-0.4, -0.2) is 26.4 Å². The van der Waals surface area contributed by atoms with Gasteiger partial charge in [0, 0.05) is 24.1 Å². The number of rotatable bonds is 7. The third kappa shape index (κ3) is 5.15. The van der Waals surface area contributed by atoms with Gasteiger partial charge in [0.25, 0.3) is 0 Å². The van der Waals surface area contributed by atoms with E-state index >= 15 is 0 Å². The van der Waals surface area contributed by atoms with Crippen LogP contribution in [0.15, 0.2) is 58.6 Å². The van der Waals surface area contributed by atoms with Crippen LogP contribution in [0, 0.1) is 17.6 Å². The molecule has 0 aliphatic carbocycles. The van der Waals surface area contributed by atoms with E-state index in [-0.39, 0.29) is 11.7 Å². The molecule has 8 heteroatoms. The predicted octanol–water partition coefficient (Wildman–Crippen LogP) is 4.02. The molecule has 6 nitrogen and oxygen atoms in total. The fourth-order valence-electron chi connectivity index (χ4n) is 2.61. The van der Waals surface area contributed by atoms with Gasteiger partial charge in [-0.15, -0.1) is 10.2 Å². The van der Waals surface area contributed by atoms with Crippen molar-refractivity contribution < 1.29 is 4.79 Å². The van der Waals surface area contributed by atoms with Crippen LogP contribution in [0.25, 0.3) is 0 Å². The molecule has 0 spiro atoms. The Morgan fingerprint density at radius 2 is 2.00 bits per heavy atom. The van der Waals surface area contributed by atoms with Gasteiger partial charge in [0.1, 0.15) is 11.2 Å². The maximum absolute atomic E-state index is 12.3. The number of anilines is 1. The molecule has 0 radical (unpaired) electrons.